The number of halogens is 1. The molecule has 2 unspecified atom stereocenters. The number of anilines is 1. The highest BCUT2D eigenvalue weighted by atomic mass is 127. The Bertz CT molecular complexity index is 1010. The molecule has 4 N–H and O–H groups in total. The molecule has 2 atom stereocenters. The Hall–Kier alpha value is -2.46. The maximum absolute atomic E-state index is 13.7. The van der Waals surface area contributed by atoms with Gasteiger partial charge in [0.2, 0.25) is 11.8 Å². The van der Waals surface area contributed by atoms with Crippen LogP contribution in [0.5, 0.6) is 0 Å². The standard InChI is InChI=1S/C27H33N3O4.HI/c28-17-18-8-10-20(11-9-18)26(32)30-16-4-7-23(19-5-2-1-3-6-19)24(30)25(31)29-22-14-12-21(13-15-22)27(33)34;/h1-3,5-6,12-15,18,20,23-24H,4,7-11,16-17,28H2,(H,29,31)(H,33,34);1H. The highest BCUT2D eigenvalue weighted by molar-refractivity contribution is 14.0. The number of carbonyl (C=O) groups is 3. The molecule has 2 aromatic carbocycles. The molecule has 2 fully saturated rings. The summed E-state index contributed by atoms with van der Waals surface area (Å²) in [5, 5.41) is 12.1. The molecule has 1 saturated carbocycles. The fraction of sp³-hybridized carbons (Fsp3) is 0.444. The van der Waals surface area contributed by atoms with E-state index in [0.29, 0.717) is 24.7 Å². The van der Waals surface area contributed by atoms with Crippen molar-refractivity contribution in [2.75, 3.05) is 18.4 Å². The van der Waals surface area contributed by atoms with Crippen LogP contribution in [0.25, 0.3) is 0 Å². The van der Waals surface area contributed by atoms with E-state index in [0.717, 1.165) is 44.1 Å². The van der Waals surface area contributed by atoms with Gasteiger partial charge in [0, 0.05) is 24.1 Å². The molecule has 2 aromatic rings. The monoisotopic (exact) mass is 591 g/mol. The van der Waals surface area contributed by atoms with Crippen LogP contribution in [0.15, 0.2) is 54.6 Å². The van der Waals surface area contributed by atoms with Crippen molar-refractivity contribution >= 4 is 47.4 Å². The summed E-state index contributed by atoms with van der Waals surface area (Å²) in [6, 6.07) is 15.4. The highest BCUT2D eigenvalue weighted by Crippen LogP contribution is 2.37. The van der Waals surface area contributed by atoms with Crippen LogP contribution in [0.1, 0.15) is 60.4 Å². The number of amides is 2. The van der Waals surface area contributed by atoms with Crippen molar-refractivity contribution in [3.05, 3.63) is 65.7 Å². The molecule has 188 valence electrons. The second-order valence-corrected chi connectivity index (χ2v) is 9.46. The number of carboxylic acids is 1. The first kappa shape index (κ1) is 27.1. The number of nitrogens with two attached hydrogens (primary N) is 1. The fourth-order valence-corrected chi connectivity index (χ4v) is 5.41. The highest BCUT2D eigenvalue weighted by Gasteiger charge is 2.42. The minimum atomic E-state index is -1.02. The molecule has 35 heavy (non-hydrogen) atoms. The smallest absolute Gasteiger partial charge is 0.335 e. The molecule has 1 heterocycles. The van der Waals surface area contributed by atoms with E-state index in [4.69, 9.17) is 10.8 Å². The second kappa shape index (κ2) is 12.5. The summed E-state index contributed by atoms with van der Waals surface area (Å²) >= 11 is 0. The third kappa shape index (κ3) is 6.41. The van der Waals surface area contributed by atoms with E-state index < -0.39 is 12.0 Å². The number of hydrogen-bond donors (Lipinski definition) is 3. The lowest BCUT2D eigenvalue weighted by molar-refractivity contribution is -0.145. The van der Waals surface area contributed by atoms with Gasteiger partial charge in [0.25, 0.3) is 0 Å². The van der Waals surface area contributed by atoms with Crippen molar-refractivity contribution in [1.29, 1.82) is 0 Å². The Labute approximate surface area is 223 Å². The van der Waals surface area contributed by atoms with E-state index in [2.05, 4.69) is 5.32 Å². The Balaban J connectivity index is 0.00000342. The van der Waals surface area contributed by atoms with Crippen LogP contribution in [0.2, 0.25) is 0 Å². The van der Waals surface area contributed by atoms with Gasteiger partial charge in [-0.05, 0) is 80.8 Å². The molecule has 2 aliphatic rings. The molecule has 1 saturated heterocycles. The zero-order valence-electron chi connectivity index (χ0n) is 19.8. The molecular weight excluding hydrogens is 557 g/mol. The summed E-state index contributed by atoms with van der Waals surface area (Å²) in [4.78, 5) is 40.2. The molecule has 0 spiro atoms. The number of nitrogens with one attached hydrogen (secondary N) is 1. The number of nitrogens with zero attached hydrogens (tertiary/aromatic N) is 1. The molecule has 1 aliphatic carbocycles. The quantitative estimate of drug-likeness (QED) is 0.429. The van der Waals surface area contributed by atoms with Gasteiger partial charge in [-0.3, -0.25) is 9.59 Å². The maximum Gasteiger partial charge on any atom is 0.335 e. The number of carbonyl (C=O) groups excluding carboxylic acids is 2. The molecular formula is C27H34IN3O4. The topological polar surface area (TPSA) is 113 Å². The van der Waals surface area contributed by atoms with E-state index in [1.807, 2.05) is 30.3 Å². The van der Waals surface area contributed by atoms with Crippen molar-refractivity contribution in [2.24, 2.45) is 17.6 Å². The summed E-state index contributed by atoms with van der Waals surface area (Å²) < 4.78 is 0. The van der Waals surface area contributed by atoms with Crippen molar-refractivity contribution < 1.29 is 19.5 Å². The summed E-state index contributed by atoms with van der Waals surface area (Å²) in [7, 11) is 0. The normalized spacial score (nSPS) is 24.2. The molecule has 4 rings (SSSR count). The van der Waals surface area contributed by atoms with E-state index in [1.54, 1.807) is 17.0 Å². The van der Waals surface area contributed by atoms with Crippen LogP contribution in [0, 0.1) is 11.8 Å². The first-order valence-corrected chi connectivity index (χ1v) is 12.2. The summed E-state index contributed by atoms with van der Waals surface area (Å²) in [5.74, 6) is -0.871. The summed E-state index contributed by atoms with van der Waals surface area (Å²) in [6.45, 7) is 1.22. The molecule has 0 radical (unpaired) electrons. The molecule has 0 bridgehead atoms. The predicted octanol–water partition coefficient (Wildman–Crippen LogP) is 4.48. The Morgan fingerprint density at radius 2 is 1.60 bits per heavy atom. The van der Waals surface area contributed by atoms with E-state index in [1.165, 1.54) is 12.1 Å². The lowest BCUT2D eigenvalue weighted by atomic mass is 9.79. The van der Waals surface area contributed by atoms with Gasteiger partial charge < -0.3 is 21.1 Å². The lowest BCUT2D eigenvalue weighted by Crippen LogP contribution is -2.55. The number of likely N-dealkylation sites (tertiary alicyclic amines) is 1. The number of piperidine rings is 1. The third-order valence-electron chi connectivity index (χ3n) is 7.34. The minimum absolute atomic E-state index is 0. The predicted molar refractivity (Wildman–Crippen MR) is 146 cm³/mol. The van der Waals surface area contributed by atoms with Gasteiger partial charge in [-0.15, -0.1) is 24.0 Å². The van der Waals surface area contributed by atoms with Gasteiger partial charge in [-0.2, -0.15) is 0 Å². The van der Waals surface area contributed by atoms with Gasteiger partial charge in [0.1, 0.15) is 6.04 Å². The molecule has 8 heteroatoms. The van der Waals surface area contributed by atoms with Gasteiger partial charge in [-0.25, -0.2) is 4.79 Å². The van der Waals surface area contributed by atoms with Crippen molar-refractivity contribution in [1.82, 2.24) is 4.90 Å². The average Bonchev–Trinajstić information content (AvgIpc) is 2.88. The van der Waals surface area contributed by atoms with Crippen LogP contribution < -0.4 is 11.1 Å². The van der Waals surface area contributed by atoms with Crippen LogP contribution in [0.3, 0.4) is 0 Å². The molecule has 1 aliphatic heterocycles. The van der Waals surface area contributed by atoms with Crippen LogP contribution >= 0.6 is 24.0 Å². The molecule has 7 nitrogen and oxygen atoms in total. The SMILES string of the molecule is I.NCC1CCC(C(=O)N2CCCC(c3ccccc3)C2C(=O)Nc2ccc(C(=O)O)cc2)CC1. The summed E-state index contributed by atoms with van der Waals surface area (Å²) in [6.07, 6.45) is 5.21. The first-order chi connectivity index (χ1) is 16.5. The lowest BCUT2D eigenvalue weighted by Gasteiger charge is -2.42. The van der Waals surface area contributed by atoms with Gasteiger partial charge >= 0.3 is 5.97 Å². The summed E-state index contributed by atoms with van der Waals surface area (Å²) in [5.41, 5.74) is 7.55. The molecule has 2 amide bonds. The van der Waals surface area contributed by atoms with Crippen molar-refractivity contribution in [3.8, 4) is 0 Å². The number of hydrogen-bond acceptors (Lipinski definition) is 4. The van der Waals surface area contributed by atoms with Gasteiger partial charge in [0.15, 0.2) is 0 Å². The Morgan fingerprint density at radius 3 is 2.20 bits per heavy atom. The number of benzene rings is 2. The maximum atomic E-state index is 13.7. The number of aromatic carboxylic acids is 1. The van der Waals surface area contributed by atoms with Gasteiger partial charge in [-0.1, -0.05) is 30.3 Å². The van der Waals surface area contributed by atoms with Gasteiger partial charge in [0.05, 0.1) is 5.56 Å². The number of rotatable bonds is 6. The fourth-order valence-electron chi connectivity index (χ4n) is 5.41. The Morgan fingerprint density at radius 1 is 0.943 bits per heavy atom. The van der Waals surface area contributed by atoms with Crippen LogP contribution in [-0.4, -0.2) is 46.9 Å². The zero-order chi connectivity index (χ0) is 24.1. The Kier molecular flexibility index (Phi) is 9.68. The largest absolute Gasteiger partial charge is 0.478 e. The van der Waals surface area contributed by atoms with Crippen LogP contribution in [0.4, 0.5) is 5.69 Å². The van der Waals surface area contributed by atoms with Crippen molar-refractivity contribution in [3.63, 3.8) is 0 Å². The van der Waals surface area contributed by atoms with E-state index in [-0.39, 0.29) is 53.2 Å². The average molecular weight is 591 g/mol. The second-order valence-electron chi connectivity index (χ2n) is 9.46. The van der Waals surface area contributed by atoms with E-state index >= 15 is 0 Å². The van der Waals surface area contributed by atoms with Crippen molar-refractivity contribution in [2.45, 2.75) is 50.5 Å². The third-order valence-corrected chi connectivity index (χ3v) is 7.34. The first-order valence-electron chi connectivity index (χ1n) is 12.2. The number of carboxylic acid groups (broad SMARTS) is 1. The van der Waals surface area contributed by atoms with E-state index in [9.17, 15) is 14.4 Å². The molecule has 0 aromatic heterocycles. The minimum Gasteiger partial charge on any atom is -0.478 e. The van der Waals surface area contributed by atoms with Crippen LogP contribution in [-0.2, 0) is 9.59 Å². The zero-order valence-corrected chi connectivity index (χ0v) is 22.1.